The lowest BCUT2D eigenvalue weighted by Crippen LogP contribution is -1.96. The van der Waals surface area contributed by atoms with Gasteiger partial charge in [0.2, 0.25) is 0 Å². The van der Waals surface area contributed by atoms with Crippen molar-refractivity contribution >= 4 is 17.3 Å². The van der Waals surface area contributed by atoms with Gasteiger partial charge in [-0.3, -0.25) is 0 Å². The van der Waals surface area contributed by atoms with E-state index < -0.39 is 5.97 Å². The summed E-state index contributed by atoms with van der Waals surface area (Å²) in [6.07, 6.45) is 1.40. The van der Waals surface area contributed by atoms with Gasteiger partial charge in [-0.2, -0.15) is 0 Å². The zero-order valence-corrected chi connectivity index (χ0v) is 7.72. The van der Waals surface area contributed by atoms with Crippen molar-refractivity contribution < 1.29 is 14.6 Å². The van der Waals surface area contributed by atoms with Gasteiger partial charge in [0.15, 0.2) is 5.01 Å². The monoisotopic (exact) mass is 197 g/mol. The van der Waals surface area contributed by atoms with Crippen LogP contribution in [-0.4, -0.2) is 29.8 Å². The SMILES string of the molecule is COC(=O)c1cnc(C#CCO)s1. The van der Waals surface area contributed by atoms with Crippen molar-refractivity contribution in [3.05, 3.63) is 16.1 Å². The molecule has 0 saturated carbocycles. The van der Waals surface area contributed by atoms with Gasteiger partial charge in [0.25, 0.3) is 0 Å². The number of rotatable bonds is 1. The minimum Gasteiger partial charge on any atom is -0.465 e. The molecule has 1 aromatic rings. The van der Waals surface area contributed by atoms with Crippen LogP contribution in [0.25, 0.3) is 0 Å². The van der Waals surface area contributed by atoms with E-state index in [0.29, 0.717) is 9.88 Å². The summed E-state index contributed by atoms with van der Waals surface area (Å²) in [5.74, 6) is 4.61. The third-order valence-electron chi connectivity index (χ3n) is 1.17. The Morgan fingerprint density at radius 3 is 3.23 bits per heavy atom. The Bertz CT molecular complexity index is 361. The van der Waals surface area contributed by atoms with Gasteiger partial charge in [-0.25, -0.2) is 9.78 Å². The van der Waals surface area contributed by atoms with E-state index in [1.807, 2.05) is 0 Å². The molecule has 0 aliphatic rings. The predicted octanol–water partition coefficient (Wildman–Crippen LogP) is 0.273. The first-order chi connectivity index (χ1) is 6.27. The molecule has 0 fully saturated rings. The van der Waals surface area contributed by atoms with Gasteiger partial charge in [-0.05, 0) is 5.92 Å². The van der Waals surface area contributed by atoms with Crippen LogP contribution in [0, 0.1) is 11.8 Å². The maximum atomic E-state index is 11.0. The highest BCUT2D eigenvalue weighted by Gasteiger charge is 2.08. The zero-order chi connectivity index (χ0) is 9.68. The second kappa shape index (κ2) is 4.60. The number of ether oxygens (including phenoxy) is 1. The second-order valence-electron chi connectivity index (χ2n) is 1.98. The zero-order valence-electron chi connectivity index (χ0n) is 6.90. The van der Waals surface area contributed by atoms with Gasteiger partial charge in [0, 0.05) is 0 Å². The molecule has 1 heterocycles. The van der Waals surface area contributed by atoms with Gasteiger partial charge in [0.1, 0.15) is 11.5 Å². The third kappa shape index (κ3) is 2.54. The van der Waals surface area contributed by atoms with Gasteiger partial charge in [0.05, 0.1) is 13.3 Å². The van der Waals surface area contributed by atoms with Gasteiger partial charge < -0.3 is 9.84 Å². The highest BCUT2D eigenvalue weighted by atomic mass is 32.1. The van der Waals surface area contributed by atoms with Crippen molar-refractivity contribution in [2.45, 2.75) is 0 Å². The summed E-state index contributed by atoms with van der Waals surface area (Å²) in [6.45, 7) is -0.215. The van der Waals surface area contributed by atoms with Crippen LogP contribution in [0.3, 0.4) is 0 Å². The van der Waals surface area contributed by atoms with Crippen molar-refractivity contribution in [3.63, 3.8) is 0 Å². The number of hydrogen-bond donors (Lipinski definition) is 1. The van der Waals surface area contributed by atoms with Crippen LogP contribution in [0.2, 0.25) is 0 Å². The van der Waals surface area contributed by atoms with Crippen LogP contribution in [0.1, 0.15) is 14.7 Å². The first-order valence-corrected chi connectivity index (χ1v) is 4.23. The van der Waals surface area contributed by atoms with Crippen LogP contribution < -0.4 is 0 Å². The normalized spacial score (nSPS) is 8.77. The Balaban J connectivity index is 2.80. The lowest BCUT2D eigenvalue weighted by Gasteiger charge is -1.89. The Labute approximate surface area is 79.2 Å². The molecule has 0 amide bonds. The molecule has 0 aliphatic heterocycles. The highest BCUT2D eigenvalue weighted by Crippen LogP contribution is 2.12. The fraction of sp³-hybridized carbons (Fsp3) is 0.250. The molecule has 0 atom stereocenters. The van der Waals surface area contributed by atoms with E-state index in [1.165, 1.54) is 13.3 Å². The molecule has 68 valence electrons. The van der Waals surface area contributed by atoms with Crippen molar-refractivity contribution in [1.29, 1.82) is 0 Å². The molecular formula is C8H7NO3S. The van der Waals surface area contributed by atoms with Crippen LogP contribution in [0.5, 0.6) is 0 Å². The molecule has 0 unspecified atom stereocenters. The number of methoxy groups -OCH3 is 1. The number of aliphatic hydroxyl groups excluding tert-OH is 1. The Morgan fingerprint density at radius 1 is 1.85 bits per heavy atom. The number of thiazole rings is 1. The van der Waals surface area contributed by atoms with E-state index in [0.717, 1.165) is 11.3 Å². The van der Waals surface area contributed by atoms with Crippen molar-refractivity contribution in [2.24, 2.45) is 0 Å². The average Bonchev–Trinajstić information content (AvgIpc) is 2.62. The van der Waals surface area contributed by atoms with Gasteiger partial charge >= 0.3 is 5.97 Å². The largest absolute Gasteiger partial charge is 0.465 e. The molecule has 0 bridgehead atoms. The molecule has 0 spiro atoms. The lowest BCUT2D eigenvalue weighted by atomic mass is 10.5. The number of aliphatic hydroxyl groups is 1. The molecule has 0 saturated heterocycles. The molecule has 13 heavy (non-hydrogen) atoms. The molecule has 4 nitrogen and oxygen atoms in total. The summed E-state index contributed by atoms with van der Waals surface area (Å²) in [5, 5.41) is 8.90. The summed E-state index contributed by atoms with van der Waals surface area (Å²) in [7, 11) is 1.31. The van der Waals surface area contributed by atoms with Crippen LogP contribution in [0.4, 0.5) is 0 Å². The van der Waals surface area contributed by atoms with E-state index >= 15 is 0 Å². The maximum absolute atomic E-state index is 11.0. The first-order valence-electron chi connectivity index (χ1n) is 3.42. The minimum atomic E-state index is -0.422. The van der Waals surface area contributed by atoms with E-state index in [2.05, 4.69) is 21.6 Å². The topological polar surface area (TPSA) is 59.4 Å². The molecule has 5 heteroatoms. The smallest absolute Gasteiger partial charge is 0.349 e. The number of hydrogen-bond acceptors (Lipinski definition) is 5. The Hall–Kier alpha value is -1.38. The predicted molar refractivity (Wildman–Crippen MR) is 47.4 cm³/mol. The van der Waals surface area contributed by atoms with Crippen molar-refractivity contribution in [2.75, 3.05) is 13.7 Å². The minimum absolute atomic E-state index is 0.215. The van der Waals surface area contributed by atoms with Crippen LogP contribution in [-0.2, 0) is 4.74 Å². The number of aromatic nitrogens is 1. The molecule has 0 aliphatic carbocycles. The van der Waals surface area contributed by atoms with E-state index in [-0.39, 0.29) is 6.61 Å². The molecular weight excluding hydrogens is 190 g/mol. The summed E-state index contributed by atoms with van der Waals surface area (Å²) in [5.41, 5.74) is 0. The first kappa shape index (κ1) is 9.71. The van der Waals surface area contributed by atoms with E-state index in [9.17, 15) is 4.79 Å². The second-order valence-corrected chi connectivity index (χ2v) is 3.01. The molecule has 1 aromatic heterocycles. The van der Waals surface area contributed by atoms with E-state index in [1.54, 1.807) is 0 Å². The number of nitrogens with zero attached hydrogens (tertiary/aromatic N) is 1. The third-order valence-corrected chi connectivity index (χ3v) is 2.06. The van der Waals surface area contributed by atoms with Gasteiger partial charge in [-0.1, -0.05) is 17.3 Å². The van der Waals surface area contributed by atoms with Crippen LogP contribution in [0.15, 0.2) is 6.20 Å². The van der Waals surface area contributed by atoms with Crippen molar-refractivity contribution in [3.8, 4) is 11.8 Å². The average molecular weight is 197 g/mol. The summed E-state index contributed by atoms with van der Waals surface area (Å²) >= 11 is 1.14. The molecule has 1 rings (SSSR count). The van der Waals surface area contributed by atoms with Crippen molar-refractivity contribution in [1.82, 2.24) is 4.98 Å². The molecule has 0 aromatic carbocycles. The quantitative estimate of drug-likeness (QED) is 0.518. The van der Waals surface area contributed by atoms with E-state index in [4.69, 9.17) is 5.11 Å². The number of carbonyl (C=O) groups excluding carboxylic acids is 1. The summed E-state index contributed by atoms with van der Waals surface area (Å²) < 4.78 is 4.49. The number of carbonyl (C=O) groups is 1. The lowest BCUT2D eigenvalue weighted by molar-refractivity contribution is 0.0606. The number of esters is 1. The summed E-state index contributed by atoms with van der Waals surface area (Å²) in [6, 6.07) is 0. The Morgan fingerprint density at radius 2 is 2.62 bits per heavy atom. The molecule has 1 N–H and O–H groups in total. The standard InChI is InChI=1S/C8H7NO3S/c1-12-8(11)6-5-9-7(13-6)3-2-4-10/h5,10H,4H2,1H3. The maximum Gasteiger partial charge on any atom is 0.349 e. The van der Waals surface area contributed by atoms with Gasteiger partial charge in [-0.15, -0.1) is 0 Å². The fourth-order valence-corrected chi connectivity index (χ4v) is 1.35. The highest BCUT2D eigenvalue weighted by molar-refractivity contribution is 7.14. The van der Waals surface area contributed by atoms with Crippen LogP contribution >= 0.6 is 11.3 Å². The molecule has 0 radical (unpaired) electrons. The summed E-state index contributed by atoms with van der Waals surface area (Å²) in [4.78, 5) is 15.2. The fourth-order valence-electron chi connectivity index (χ4n) is 0.642. The Kier molecular flexibility index (Phi) is 3.43.